The number of carbonyl (C=O) groups excluding carboxylic acids is 1. The van der Waals surface area contributed by atoms with E-state index in [0.717, 1.165) is 42.4 Å². The second-order valence-electron chi connectivity index (χ2n) is 12.8. The third-order valence-electron chi connectivity index (χ3n) is 10.4. The fourth-order valence-electron chi connectivity index (χ4n) is 7.99. The van der Waals surface area contributed by atoms with E-state index in [1.165, 1.54) is 114 Å². The molecule has 1 heteroatoms. The van der Waals surface area contributed by atoms with Crippen molar-refractivity contribution in [2.24, 2.45) is 29.6 Å². The molecule has 3 aliphatic rings. The molecule has 3 saturated carbocycles. The molecule has 0 amide bonds. The molecule has 0 aromatic heterocycles. The van der Waals surface area contributed by atoms with E-state index in [9.17, 15) is 4.79 Å². The Morgan fingerprint density at radius 3 is 1.83 bits per heavy atom. The zero-order valence-corrected chi connectivity index (χ0v) is 23.1. The monoisotopic (exact) mass is 478 g/mol. The van der Waals surface area contributed by atoms with Gasteiger partial charge in [-0.1, -0.05) is 89.5 Å². The van der Waals surface area contributed by atoms with Gasteiger partial charge in [-0.2, -0.15) is 0 Å². The quantitative estimate of drug-likeness (QED) is 0.289. The lowest BCUT2D eigenvalue weighted by atomic mass is 9.68. The van der Waals surface area contributed by atoms with Crippen LogP contribution in [0.15, 0.2) is 24.3 Å². The predicted octanol–water partition coefficient (Wildman–Crippen LogP) is 10.1. The first-order chi connectivity index (χ1) is 17.2. The average Bonchev–Trinajstić information content (AvgIpc) is 2.90. The number of hydrogen-bond donors (Lipinski definition) is 0. The molecule has 3 aliphatic carbocycles. The normalized spacial score (nSPS) is 31.8. The molecule has 0 saturated heterocycles. The highest BCUT2D eigenvalue weighted by molar-refractivity contribution is 5.83. The van der Waals surface area contributed by atoms with Crippen LogP contribution in [0.1, 0.15) is 146 Å². The van der Waals surface area contributed by atoms with Crippen LogP contribution in [-0.2, 0) is 11.2 Å². The van der Waals surface area contributed by atoms with Gasteiger partial charge in [0.2, 0.25) is 0 Å². The van der Waals surface area contributed by atoms with Gasteiger partial charge in [-0.05, 0) is 105 Å². The Morgan fingerprint density at radius 2 is 1.23 bits per heavy atom. The molecule has 0 radical (unpaired) electrons. The first-order valence-electron chi connectivity index (χ1n) is 15.8. The second kappa shape index (κ2) is 14.0. The van der Waals surface area contributed by atoms with Crippen molar-refractivity contribution in [3.05, 3.63) is 35.4 Å². The number of hydrogen-bond acceptors (Lipinski definition) is 1. The molecule has 196 valence electrons. The topological polar surface area (TPSA) is 17.1 Å². The van der Waals surface area contributed by atoms with E-state index < -0.39 is 0 Å². The zero-order chi connectivity index (χ0) is 24.5. The molecule has 1 aromatic rings. The van der Waals surface area contributed by atoms with Gasteiger partial charge in [0.1, 0.15) is 5.78 Å². The number of benzene rings is 1. The van der Waals surface area contributed by atoms with Crippen molar-refractivity contribution in [2.75, 3.05) is 0 Å². The van der Waals surface area contributed by atoms with Gasteiger partial charge in [0, 0.05) is 12.3 Å². The summed E-state index contributed by atoms with van der Waals surface area (Å²) in [4.78, 5) is 13.1. The molecular weight excluding hydrogens is 424 g/mol. The van der Waals surface area contributed by atoms with Crippen LogP contribution in [0, 0.1) is 29.6 Å². The summed E-state index contributed by atoms with van der Waals surface area (Å²) in [5.41, 5.74) is 2.76. The maximum atomic E-state index is 13.1. The van der Waals surface area contributed by atoms with E-state index in [1.807, 2.05) is 0 Å². The molecule has 0 spiro atoms. The van der Waals surface area contributed by atoms with Gasteiger partial charge in [0.05, 0.1) is 0 Å². The molecule has 0 aliphatic heterocycles. The van der Waals surface area contributed by atoms with Crippen LogP contribution < -0.4 is 0 Å². The SMILES string of the molecule is CCCCCC1CCC(c2ccc(CC(=O)C3CCC(C4CCC(CCC)CC4)CC3)cc2)CC1. The van der Waals surface area contributed by atoms with Crippen LogP contribution in [0.5, 0.6) is 0 Å². The fraction of sp³-hybridized carbons (Fsp3) is 0.794. The van der Waals surface area contributed by atoms with Crippen LogP contribution in [0.2, 0.25) is 0 Å². The lowest BCUT2D eigenvalue weighted by Gasteiger charge is -2.37. The van der Waals surface area contributed by atoms with E-state index in [1.54, 1.807) is 0 Å². The van der Waals surface area contributed by atoms with Crippen molar-refractivity contribution in [1.82, 2.24) is 0 Å². The van der Waals surface area contributed by atoms with Crippen molar-refractivity contribution in [2.45, 2.75) is 142 Å². The molecule has 0 N–H and O–H groups in total. The van der Waals surface area contributed by atoms with E-state index in [2.05, 4.69) is 38.1 Å². The second-order valence-corrected chi connectivity index (χ2v) is 12.8. The van der Waals surface area contributed by atoms with E-state index >= 15 is 0 Å². The van der Waals surface area contributed by atoms with Gasteiger partial charge in [0.15, 0.2) is 0 Å². The van der Waals surface area contributed by atoms with Crippen LogP contribution in [0.3, 0.4) is 0 Å². The maximum absolute atomic E-state index is 13.1. The minimum absolute atomic E-state index is 0.324. The van der Waals surface area contributed by atoms with Gasteiger partial charge in [-0.15, -0.1) is 0 Å². The first kappa shape index (κ1) is 26.9. The lowest BCUT2D eigenvalue weighted by molar-refractivity contribution is -0.123. The highest BCUT2D eigenvalue weighted by Gasteiger charge is 2.32. The average molecular weight is 479 g/mol. The Hall–Kier alpha value is -1.11. The first-order valence-corrected chi connectivity index (χ1v) is 15.8. The van der Waals surface area contributed by atoms with Gasteiger partial charge in [-0.3, -0.25) is 4.79 Å². The maximum Gasteiger partial charge on any atom is 0.140 e. The Labute approximate surface area is 217 Å². The number of unbranched alkanes of at least 4 members (excludes halogenated alkanes) is 2. The molecule has 4 rings (SSSR count). The smallest absolute Gasteiger partial charge is 0.140 e. The van der Waals surface area contributed by atoms with Crippen LogP contribution in [-0.4, -0.2) is 5.78 Å². The van der Waals surface area contributed by atoms with Gasteiger partial charge in [0.25, 0.3) is 0 Å². The van der Waals surface area contributed by atoms with Crippen molar-refractivity contribution in [3.63, 3.8) is 0 Å². The largest absolute Gasteiger partial charge is 0.299 e. The van der Waals surface area contributed by atoms with E-state index in [4.69, 9.17) is 0 Å². The summed E-state index contributed by atoms with van der Waals surface area (Å²) in [7, 11) is 0. The molecule has 0 heterocycles. The molecule has 0 bridgehead atoms. The minimum Gasteiger partial charge on any atom is -0.299 e. The van der Waals surface area contributed by atoms with Gasteiger partial charge < -0.3 is 0 Å². The number of carbonyl (C=O) groups is 1. The van der Waals surface area contributed by atoms with E-state index in [0.29, 0.717) is 18.1 Å². The molecule has 35 heavy (non-hydrogen) atoms. The Kier molecular flexibility index (Phi) is 10.8. The standard InChI is InChI=1S/C34H54O/c1-3-5-6-8-27-11-17-29(18-12-27)31-19-13-28(14-20-31)25-34(35)33-23-21-32(22-24-33)30-15-9-26(7-4-2)10-16-30/h13-14,19-20,26-27,29-30,32-33H,3-12,15-18,21-25H2,1-2H3. The minimum atomic E-state index is 0.324. The van der Waals surface area contributed by atoms with Crippen LogP contribution in [0.4, 0.5) is 0 Å². The Bertz CT molecular complexity index is 724. The molecule has 1 nitrogen and oxygen atoms in total. The Balaban J connectivity index is 1.16. The van der Waals surface area contributed by atoms with Crippen molar-refractivity contribution < 1.29 is 4.79 Å². The third-order valence-corrected chi connectivity index (χ3v) is 10.4. The van der Waals surface area contributed by atoms with E-state index in [-0.39, 0.29) is 0 Å². The summed E-state index contributed by atoms with van der Waals surface area (Å²) in [6.45, 7) is 4.64. The van der Waals surface area contributed by atoms with Crippen molar-refractivity contribution >= 4 is 5.78 Å². The lowest BCUT2D eigenvalue weighted by Crippen LogP contribution is -2.29. The summed E-state index contributed by atoms with van der Waals surface area (Å²) >= 11 is 0. The van der Waals surface area contributed by atoms with Crippen LogP contribution >= 0.6 is 0 Å². The molecule has 0 atom stereocenters. The summed E-state index contributed by atoms with van der Waals surface area (Å²) < 4.78 is 0. The zero-order valence-electron chi connectivity index (χ0n) is 23.1. The summed E-state index contributed by atoms with van der Waals surface area (Å²) in [6.07, 6.45) is 25.4. The van der Waals surface area contributed by atoms with Gasteiger partial charge in [-0.25, -0.2) is 0 Å². The summed E-state index contributed by atoms with van der Waals surface area (Å²) in [6, 6.07) is 9.22. The third kappa shape index (κ3) is 7.93. The van der Waals surface area contributed by atoms with Gasteiger partial charge >= 0.3 is 0 Å². The van der Waals surface area contributed by atoms with Crippen molar-refractivity contribution in [1.29, 1.82) is 0 Å². The molecular formula is C34H54O. The summed E-state index contributed by atoms with van der Waals surface area (Å²) in [5.74, 6) is 5.42. The number of Topliss-reactive ketones (excluding diaryl/α,β-unsaturated/α-hetero) is 1. The predicted molar refractivity (Wildman–Crippen MR) is 150 cm³/mol. The van der Waals surface area contributed by atoms with Crippen LogP contribution in [0.25, 0.3) is 0 Å². The molecule has 0 unspecified atom stereocenters. The number of ketones is 1. The van der Waals surface area contributed by atoms with Crippen molar-refractivity contribution in [3.8, 4) is 0 Å². The Morgan fingerprint density at radius 1 is 0.657 bits per heavy atom. The summed E-state index contributed by atoms with van der Waals surface area (Å²) in [5, 5.41) is 0. The fourth-order valence-corrected chi connectivity index (χ4v) is 7.99. The number of rotatable bonds is 11. The molecule has 1 aromatic carbocycles. The molecule has 3 fully saturated rings. The highest BCUT2D eigenvalue weighted by Crippen LogP contribution is 2.43. The highest BCUT2D eigenvalue weighted by atomic mass is 16.1.